The van der Waals surface area contributed by atoms with Crippen LogP contribution < -0.4 is 10.2 Å². The summed E-state index contributed by atoms with van der Waals surface area (Å²) in [5, 5.41) is 12.4. The fraction of sp³-hybridized carbons (Fsp3) is 0.167. The van der Waals surface area contributed by atoms with Crippen molar-refractivity contribution in [1.82, 2.24) is 5.43 Å². The number of carboxylic acids is 1. The molecule has 6 heteroatoms. The first kappa shape index (κ1) is 17.2. The van der Waals surface area contributed by atoms with Crippen LogP contribution >= 0.6 is 0 Å². The molecule has 2 N–H and O–H groups in total. The van der Waals surface area contributed by atoms with Gasteiger partial charge in [0.05, 0.1) is 12.6 Å². The predicted octanol–water partition coefficient (Wildman–Crippen LogP) is 2.15. The van der Waals surface area contributed by atoms with Crippen LogP contribution in [0.4, 0.5) is 0 Å². The maximum absolute atomic E-state index is 11.8. The molecule has 2 rings (SSSR count). The highest BCUT2D eigenvalue weighted by Crippen LogP contribution is 2.10. The van der Waals surface area contributed by atoms with Gasteiger partial charge in [0.15, 0.2) is 6.61 Å². The molecule has 0 aliphatic rings. The van der Waals surface area contributed by atoms with Crippen LogP contribution in [-0.2, 0) is 16.0 Å². The minimum atomic E-state index is -1.03. The van der Waals surface area contributed by atoms with Crippen molar-refractivity contribution in [3.8, 4) is 5.75 Å². The molecule has 0 unspecified atom stereocenters. The summed E-state index contributed by atoms with van der Waals surface area (Å²) in [6, 6.07) is 14.4. The van der Waals surface area contributed by atoms with E-state index >= 15 is 0 Å². The van der Waals surface area contributed by atoms with E-state index in [2.05, 4.69) is 10.5 Å². The summed E-state index contributed by atoms with van der Waals surface area (Å²) in [5.74, 6) is -0.772. The summed E-state index contributed by atoms with van der Waals surface area (Å²) >= 11 is 0. The molecule has 0 radical (unpaired) electrons. The Balaban J connectivity index is 1.81. The monoisotopic (exact) mass is 326 g/mol. The quantitative estimate of drug-likeness (QED) is 0.603. The minimum Gasteiger partial charge on any atom is -0.482 e. The molecule has 124 valence electrons. The van der Waals surface area contributed by atoms with E-state index in [0.29, 0.717) is 5.75 Å². The number of rotatable bonds is 7. The minimum absolute atomic E-state index is 0.198. The third-order valence-electron chi connectivity index (χ3n) is 3.13. The van der Waals surface area contributed by atoms with E-state index in [1.165, 1.54) is 6.21 Å². The Morgan fingerprint density at radius 2 is 1.79 bits per heavy atom. The molecular formula is C18H18N2O4. The molecule has 0 bridgehead atoms. The highest BCUT2D eigenvalue weighted by molar-refractivity contribution is 5.83. The number of nitrogens with one attached hydrogen (secondary N) is 1. The molecule has 2 aromatic carbocycles. The molecule has 0 aliphatic heterocycles. The summed E-state index contributed by atoms with van der Waals surface area (Å²) in [7, 11) is 0. The van der Waals surface area contributed by atoms with Gasteiger partial charge >= 0.3 is 5.97 Å². The van der Waals surface area contributed by atoms with Crippen LogP contribution in [0.1, 0.15) is 16.7 Å². The van der Waals surface area contributed by atoms with Gasteiger partial charge in [-0.3, -0.25) is 4.79 Å². The first-order chi connectivity index (χ1) is 11.5. The van der Waals surface area contributed by atoms with E-state index < -0.39 is 5.97 Å². The van der Waals surface area contributed by atoms with Crippen LogP contribution in [0.15, 0.2) is 53.6 Å². The Kier molecular flexibility index (Phi) is 6.08. The fourth-order valence-corrected chi connectivity index (χ4v) is 1.90. The van der Waals surface area contributed by atoms with E-state index in [9.17, 15) is 9.59 Å². The Bertz CT molecular complexity index is 722. The lowest BCUT2D eigenvalue weighted by atomic mass is 10.1. The summed E-state index contributed by atoms with van der Waals surface area (Å²) in [5.41, 5.74) is 5.30. The zero-order valence-corrected chi connectivity index (χ0v) is 13.2. The molecule has 0 aromatic heterocycles. The van der Waals surface area contributed by atoms with Crippen LogP contribution in [0.5, 0.6) is 5.75 Å². The van der Waals surface area contributed by atoms with Crippen molar-refractivity contribution in [2.24, 2.45) is 5.10 Å². The van der Waals surface area contributed by atoms with Crippen LogP contribution in [0.25, 0.3) is 0 Å². The molecule has 0 aliphatic carbocycles. The van der Waals surface area contributed by atoms with Crippen LogP contribution in [0.3, 0.4) is 0 Å². The van der Waals surface area contributed by atoms with Gasteiger partial charge < -0.3 is 9.84 Å². The zero-order chi connectivity index (χ0) is 17.4. The lowest BCUT2D eigenvalue weighted by Crippen LogP contribution is -2.19. The first-order valence-corrected chi connectivity index (χ1v) is 7.35. The predicted molar refractivity (Wildman–Crippen MR) is 90.2 cm³/mol. The van der Waals surface area contributed by atoms with Crippen LogP contribution in [0.2, 0.25) is 0 Å². The van der Waals surface area contributed by atoms with Crippen molar-refractivity contribution in [2.45, 2.75) is 13.3 Å². The van der Waals surface area contributed by atoms with E-state index in [0.717, 1.165) is 16.7 Å². The molecule has 0 saturated carbocycles. The number of carboxylic acid groups (broad SMARTS) is 1. The van der Waals surface area contributed by atoms with E-state index in [4.69, 9.17) is 9.84 Å². The summed E-state index contributed by atoms with van der Waals surface area (Å²) in [4.78, 5) is 22.2. The molecule has 0 fully saturated rings. The topological polar surface area (TPSA) is 88.0 Å². The zero-order valence-electron chi connectivity index (χ0n) is 13.2. The smallest absolute Gasteiger partial charge is 0.341 e. The molecule has 1 amide bonds. The lowest BCUT2D eigenvalue weighted by Gasteiger charge is -2.03. The van der Waals surface area contributed by atoms with Gasteiger partial charge in [-0.1, -0.05) is 29.8 Å². The van der Waals surface area contributed by atoms with Crippen molar-refractivity contribution < 1.29 is 19.4 Å². The normalized spacial score (nSPS) is 10.5. The summed E-state index contributed by atoms with van der Waals surface area (Å²) in [6.07, 6.45) is 1.77. The molecular weight excluding hydrogens is 308 g/mol. The average molecular weight is 326 g/mol. The SMILES string of the molecule is Cc1ccc(CC(=O)N/N=C/c2ccc(OCC(=O)O)cc2)cc1. The Morgan fingerprint density at radius 3 is 2.42 bits per heavy atom. The number of ether oxygens (including phenoxy) is 1. The molecule has 2 aromatic rings. The van der Waals surface area contributed by atoms with E-state index in [-0.39, 0.29) is 18.9 Å². The second kappa shape index (κ2) is 8.47. The number of amides is 1. The average Bonchev–Trinajstić information content (AvgIpc) is 2.56. The molecule has 0 heterocycles. The summed E-state index contributed by atoms with van der Waals surface area (Å²) < 4.78 is 5.03. The number of hydrazone groups is 1. The van der Waals surface area contributed by atoms with Crippen molar-refractivity contribution in [1.29, 1.82) is 0 Å². The second-order valence-electron chi connectivity index (χ2n) is 5.21. The van der Waals surface area contributed by atoms with Crippen LogP contribution in [-0.4, -0.2) is 29.8 Å². The third kappa shape index (κ3) is 5.92. The number of carbonyl (C=O) groups is 2. The van der Waals surface area contributed by atoms with Crippen molar-refractivity contribution >= 4 is 18.1 Å². The molecule has 6 nitrogen and oxygen atoms in total. The number of aliphatic carboxylic acids is 1. The van der Waals surface area contributed by atoms with E-state index in [1.807, 2.05) is 31.2 Å². The van der Waals surface area contributed by atoms with Gasteiger partial charge in [0, 0.05) is 0 Å². The number of hydrogen-bond donors (Lipinski definition) is 2. The van der Waals surface area contributed by atoms with Crippen molar-refractivity contribution in [3.63, 3.8) is 0 Å². The van der Waals surface area contributed by atoms with Gasteiger partial charge in [0.25, 0.3) is 0 Å². The fourth-order valence-electron chi connectivity index (χ4n) is 1.90. The standard InChI is InChI=1S/C18H18N2O4/c1-13-2-4-14(5-3-13)10-17(21)20-19-11-15-6-8-16(9-7-15)24-12-18(22)23/h2-9,11H,10,12H2,1H3,(H,20,21)(H,22,23)/b19-11+. The highest BCUT2D eigenvalue weighted by Gasteiger charge is 2.02. The molecule has 0 atom stereocenters. The van der Waals surface area contributed by atoms with Gasteiger partial charge in [-0.25, -0.2) is 10.2 Å². The van der Waals surface area contributed by atoms with Crippen molar-refractivity contribution in [2.75, 3.05) is 6.61 Å². The number of nitrogens with zero attached hydrogens (tertiary/aromatic N) is 1. The second-order valence-corrected chi connectivity index (χ2v) is 5.21. The van der Waals surface area contributed by atoms with Gasteiger partial charge in [-0.05, 0) is 42.3 Å². The molecule has 0 saturated heterocycles. The third-order valence-corrected chi connectivity index (χ3v) is 3.13. The maximum atomic E-state index is 11.8. The number of hydrogen-bond acceptors (Lipinski definition) is 4. The van der Waals surface area contributed by atoms with Gasteiger partial charge in [0.2, 0.25) is 5.91 Å². The Labute approximate surface area is 139 Å². The van der Waals surface area contributed by atoms with Crippen molar-refractivity contribution in [3.05, 3.63) is 65.2 Å². The number of carbonyl (C=O) groups excluding carboxylic acids is 1. The number of aryl methyl sites for hydroxylation is 1. The van der Waals surface area contributed by atoms with Gasteiger partial charge in [-0.2, -0.15) is 5.10 Å². The largest absolute Gasteiger partial charge is 0.482 e. The Morgan fingerprint density at radius 1 is 1.12 bits per heavy atom. The molecule has 24 heavy (non-hydrogen) atoms. The summed E-state index contributed by atoms with van der Waals surface area (Å²) in [6.45, 7) is 1.61. The lowest BCUT2D eigenvalue weighted by molar-refractivity contribution is -0.139. The highest BCUT2D eigenvalue weighted by atomic mass is 16.5. The van der Waals surface area contributed by atoms with Crippen LogP contribution in [0, 0.1) is 6.92 Å². The maximum Gasteiger partial charge on any atom is 0.341 e. The van der Waals surface area contributed by atoms with Gasteiger partial charge in [0.1, 0.15) is 5.75 Å². The Hall–Kier alpha value is -3.15. The first-order valence-electron chi connectivity index (χ1n) is 7.35. The van der Waals surface area contributed by atoms with E-state index in [1.54, 1.807) is 24.3 Å². The van der Waals surface area contributed by atoms with Gasteiger partial charge in [-0.15, -0.1) is 0 Å². The number of benzene rings is 2. The molecule has 0 spiro atoms.